The Morgan fingerprint density at radius 1 is 1.40 bits per heavy atom. The number of hydrogen-bond donors (Lipinski definition) is 2. The number of amides is 2. The van der Waals surface area contributed by atoms with E-state index in [1.54, 1.807) is 0 Å². The summed E-state index contributed by atoms with van der Waals surface area (Å²) in [5.74, 6) is 0.720. The summed E-state index contributed by atoms with van der Waals surface area (Å²) in [7, 11) is 0. The van der Waals surface area contributed by atoms with Gasteiger partial charge in [0, 0.05) is 25.8 Å². The van der Waals surface area contributed by atoms with E-state index in [1.807, 2.05) is 13.8 Å². The van der Waals surface area contributed by atoms with E-state index >= 15 is 0 Å². The van der Waals surface area contributed by atoms with Crippen molar-refractivity contribution in [2.45, 2.75) is 39.2 Å². The molecule has 0 saturated carbocycles. The summed E-state index contributed by atoms with van der Waals surface area (Å²) in [4.78, 5) is 11.2. The molecule has 0 aromatic heterocycles. The van der Waals surface area contributed by atoms with Gasteiger partial charge in [-0.15, -0.1) is 0 Å². The van der Waals surface area contributed by atoms with Crippen LogP contribution in [0.2, 0.25) is 0 Å². The Bertz CT molecular complexity index is 189. The quantitative estimate of drug-likeness (QED) is 0.745. The first-order valence-corrected chi connectivity index (χ1v) is 5.80. The second-order valence-electron chi connectivity index (χ2n) is 4.40. The smallest absolute Gasteiger partial charge is 0.314 e. The fraction of sp³-hybridized carbons (Fsp3) is 0.909. The zero-order valence-electron chi connectivity index (χ0n) is 9.71. The maximum absolute atomic E-state index is 11.2. The van der Waals surface area contributed by atoms with Crippen molar-refractivity contribution in [1.82, 2.24) is 10.6 Å². The maximum Gasteiger partial charge on any atom is 0.314 e. The average Bonchev–Trinajstić information content (AvgIpc) is 2.18. The lowest BCUT2D eigenvalue weighted by atomic mass is 9.97. The van der Waals surface area contributed by atoms with Gasteiger partial charge in [0.25, 0.3) is 0 Å². The van der Waals surface area contributed by atoms with Gasteiger partial charge in [0.05, 0.1) is 0 Å². The predicted octanol–water partition coefficient (Wildman–Crippen LogP) is 1.51. The number of hydrogen-bond acceptors (Lipinski definition) is 2. The molecular formula is C11H22N2O2. The van der Waals surface area contributed by atoms with Gasteiger partial charge in [0.15, 0.2) is 0 Å². The molecule has 4 heteroatoms. The van der Waals surface area contributed by atoms with E-state index in [2.05, 4.69) is 10.6 Å². The van der Waals surface area contributed by atoms with Gasteiger partial charge in [-0.25, -0.2) is 4.79 Å². The van der Waals surface area contributed by atoms with Crippen LogP contribution in [0.1, 0.15) is 33.1 Å². The summed E-state index contributed by atoms with van der Waals surface area (Å²) < 4.78 is 5.28. The molecule has 0 aromatic rings. The Labute approximate surface area is 91.8 Å². The van der Waals surface area contributed by atoms with Crippen molar-refractivity contribution in [2.24, 2.45) is 5.92 Å². The zero-order chi connectivity index (χ0) is 11.1. The number of urea groups is 1. The summed E-state index contributed by atoms with van der Waals surface area (Å²) >= 11 is 0. The SMILES string of the molecule is CC(C)NC(=O)NCCC1CCOCC1. The minimum Gasteiger partial charge on any atom is -0.381 e. The van der Waals surface area contributed by atoms with Crippen molar-refractivity contribution in [1.29, 1.82) is 0 Å². The minimum atomic E-state index is -0.0583. The van der Waals surface area contributed by atoms with Crippen molar-refractivity contribution < 1.29 is 9.53 Å². The lowest BCUT2D eigenvalue weighted by Crippen LogP contribution is -2.40. The molecule has 0 bridgehead atoms. The molecule has 88 valence electrons. The van der Waals surface area contributed by atoms with Crippen molar-refractivity contribution in [3.63, 3.8) is 0 Å². The molecule has 1 saturated heterocycles. The van der Waals surface area contributed by atoms with Gasteiger partial charge in [0.2, 0.25) is 0 Å². The number of ether oxygens (including phenoxy) is 1. The van der Waals surface area contributed by atoms with Crippen LogP contribution >= 0.6 is 0 Å². The highest BCUT2D eigenvalue weighted by molar-refractivity contribution is 5.73. The molecule has 0 atom stereocenters. The lowest BCUT2D eigenvalue weighted by molar-refractivity contribution is 0.0642. The molecule has 0 unspecified atom stereocenters. The average molecular weight is 214 g/mol. The van der Waals surface area contributed by atoms with Crippen molar-refractivity contribution in [3.05, 3.63) is 0 Å². The second kappa shape index (κ2) is 6.67. The molecular weight excluding hydrogens is 192 g/mol. The predicted molar refractivity (Wildman–Crippen MR) is 59.8 cm³/mol. The third-order valence-electron chi connectivity index (χ3n) is 2.60. The van der Waals surface area contributed by atoms with E-state index < -0.39 is 0 Å². The molecule has 15 heavy (non-hydrogen) atoms. The van der Waals surface area contributed by atoms with E-state index in [0.717, 1.165) is 44.9 Å². The van der Waals surface area contributed by atoms with Crippen LogP contribution in [0.25, 0.3) is 0 Å². The molecule has 1 aliphatic heterocycles. The highest BCUT2D eigenvalue weighted by Gasteiger charge is 2.13. The first kappa shape index (κ1) is 12.3. The van der Waals surface area contributed by atoms with Crippen LogP contribution < -0.4 is 10.6 Å². The summed E-state index contributed by atoms with van der Waals surface area (Å²) in [6.45, 7) is 6.44. The molecule has 1 aliphatic rings. The van der Waals surface area contributed by atoms with Crippen LogP contribution in [0, 0.1) is 5.92 Å². The normalized spacial score (nSPS) is 17.8. The molecule has 0 spiro atoms. The largest absolute Gasteiger partial charge is 0.381 e. The van der Waals surface area contributed by atoms with E-state index in [9.17, 15) is 4.79 Å². The summed E-state index contributed by atoms with van der Waals surface area (Å²) in [6, 6.07) is 0.144. The number of carbonyl (C=O) groups is 1. The molecule has 0 radical (unpaired) electrons. The summed E-state index contributed by atoms with van der Waals surface area (Å²) in [5, 5.41) is 5.68. The molecule has 2 amide bonds. The van der Waals surface area contributed by atoms with E-state index in [0.29, 0.717) is 0 Å². The third kappa shape index (κ3) is 5.62. The van der Waals surface area contributed by atoms with Gasteiger partial charge in [-0.2, -0.15) is 0 Å². The van der Waals surface area contributed by atoms with Gasteiger partial charge in [-0.3, -0.25) is 0 Å². The van der Waals surface area contributed by atoms with Crippen LogP contribution in [0.5, 0.6) is 0 Å². The van der Waals surface area contributed by atoms with E-state index in [1.165, 1.54) is 0 Å². The summed E-state index contributed by atoms with van der Waals surface area (Å²) in [5.41, 5.74) is 0. The zero-order valence-corrected chi connectivity index (χ0v) is 9.71. The second-order valence-corrected chi connectivity index (χ2v) is 4.40. The highest BCUT2D eigenvalue weighted by atomic mass is 16.5. The van der Waals surface area contributed by atoms with Gasteiger partial charge < -0.3 is 15.4 Å². The summed E-state index contributed by atoms with van der Waals surface area (Å²) in [6.07, 6.45) is 3.33. The standard InChI is InChI=1S/C11H22N2O2/c1-9(2)13-11(14)12-6-3-10-4-7-15-8-5-10/h9-10H,3-8H2,1-2H3,(H2,12,13,14). The Balaban J connectivity index is 2.02. The van der Waals surface area contributed by atoms with E-state index in [-0.39, 0.29) is 12.1 Å². The van der Waals surface area contributed by atoms with Crippen LogP contribution in [0.15, 0.2) is 0 Å². The first-order valence-electron chi connectivity index (χ1n) is 5.80. The van der Waals surface area contributed by atoms with Crippen LogP contribution in [-0.4, -0.2) is 31.8 Å². The molecule has 0 aromatic carbocycles. The third-order valence-corrected chi connectivity index (χ3v) is 2.60. The molecule has 0 aliphatic carbocycles. The first-order chi connectivity index (χ1) is 7.18. The molecule has 1 rings (SSSR count). The monoisotopic (exact) mass is 214 g/mol. The number of carbonyl (C=O) groups excluding carboxylic acids is 1. The Morgan fingerprint density at radius 3 is 2.67 bits per heavy atom. The Hall–Kier alpha value is -0.770. The topological polar surface area (TPSA) is 50.4 Å². The molecule has 1 fully saturated rings. The minimum absolute atomic E-state index is 0.0583. The van der Waals surface area contributed by atoms with Gasteiger partial charge in [-0.05, 0) is 39.0 Å². The fourth-order valence-corrected chi connectivity index (χ4v) is 1.74. The Kier molecular flexibility index (Phi) is 5.47. The van der Waals surface area contributed by atoms with Crippen LogP contribution in [0.4, 0.5) is 4.79 Å². The van der Waals surface area contributed by atoms with Gasteiger partial charge >= 0.3 is 6.03 Å². The molecule has 4 nitrogen and oxygen atoms in total. The lowest BCUT2D eigenvalue weighted by Gasteiger charge is -2.22. The van der Waals surface area contributed by atoms with Crippen molar-refractivity contribution in [2.75, 3.05) is 19.8 Å². The fourth-order valence-electron chi connectivity index (χ4n) is 1.74. The number of nitrogens with one attached hydrogen (secondary N) is 2. The van der Waals surface area contributed by atoms with E-state index in [4.69, 9.17) is 4.74 Å². The maximum atomic E-state index is 11.2. The Morgan fingerprint density at radius 2 is 2.07 bits per heavy atom. The van der Waals surface area contributed by atoms with Crippen LogP contribution in [0.3, 0.4) is 0 Å². The molecule has 1 heterocycles. The number of rotatable bonds is 4. The van der Waals surface area contributed by atoms with Crippen molar-refractivity contribution >= 4 is 6.03 Å². The van der Waals surface area contributed by atoms with Crippen LogP contribution in [-0.2, 0) is 4.74 Å². The molecule has 2 N–H and O–H groups in total. The van der Waals surface area contributed by atoms with Crippen molar-refractivity contribution in [3.8, 4) is 0 Å². The van der Waals surface area contributed by atoms with Gasteiger partial charge in [-0.1, -0.05) is 0 Å². The highest BCUT2D eigenvalue weighted by Crippen LogP contribution is 2.17. The van der Waals surface area contributed by atoms with Gasteiger partial charge in [0.1, 0.15) is 0 Å².